The fourth-order valence-electron chi connectivity index (χ4n) is 2.87. The minimum atomic E-state index is -0.675. The van der Waals surface area contributed by atoms with Crippen LogP contribution in [0.4, 0.5) is 0 Å². The Labute approximate surface area is 125 Å². The lowest BCUT2D eigenvalue weighted by Gasteiger charge is -2.32. The summed E-state index contributed by atoms with van der Waals surface area (Å²) < 4.78 is 0. The fourth-order valence-corrected chi connectivity index (χ4v) is 3.09. The summed E-state index contributed by atoms with van der Waals surface area (Å²) in [5, 5.41) is 9.75. The molecule has 1 aliphatic heterocycles. The molecule has 2 rings (SSSR count). The summed E-state index contributed by atoms with van der Waals surface area (Å²) in [6.45, 7) is 4.83. The summed E-state index contributed by atoms with van der Waals surface area (Å²) >= 11 is 6.00. The third kappa shape index (κ3) is 4.50. The van der Waals surface area contributed by atoms with Crippen LogP contribution in [0.3, 0.4) is 0 Å². The van der Waals surface area contributed by atoms with Gasteiger partial charge in [0.15, 0.2) is 0 Å². The first-order chi connectivity index (χ1) is 9.54. The Kier molecular flexibility index (Phi) is 5.44. The van der Waals surface area contributed by atoms with Crippen molar-refractivity contribution in [2.75, 3.05) is 13.1 Å². The maximum atomic E-state index is 10.9. The Morgan fingerprint density at radius 2 is 2.15 bits per heavy atom. The van der Waals surface area contributed by atoms with E-state index < -0.39 is 5.97 Å². The molecule has 0 saturated carbocycles. The first-order valence-corrected chi connectivity index (χ1v) is 7.62. The lowest BCUT2D eigenvalue weighted by molar-refractivity contribution is -0.141. The van der Waals surface area contributed by atoms with Crippen molar-refractivity contribution >= 4 is 17.6 Å². The van der Waals surface area contributed by atoms with Crippen LogP contribution in [0.15, 0.2) is 24.3 Å². The fraction of sp³-hybridized carbons (Fsp3) is 0.562. The van der Waals surface area contributed by atoms with Gasteiger partial charge in [0.1, 0.15) is 0 Å². The molecule has 4 heteroatoms. The monoisotopic (exact) mass is 295 g/mol. The number of likely N-dealkylation sites (tertiary alicyclic amines) is 1. The molecule has 1 aromatic rings. The minimum absolute atomic E-state index is 0.223. The number of piperidine rings is 1. The van der Waals surface area contributed by atoms with Crippen LogP contribution in [0, 0.1) is 11.8 Å². The van der Waals surface area contributed by atoms with E-state index in [-0.39, 0.29) is 5.92 Å². The summed E-state index contributed by atoms with van der Waals surface area (Å²) in [5.74, 6) is -0.345. The van der Waals surface area contributed by atoms with E-state index in [0.717, 1.165) is 43.9 Å². The highest BCUT2D eigenvalue weighted by molar-refractivity contribution is 6.30. The zero-order chi connectivity index (χ0) is 14.5. The Morgan fingerprint density at radius 1 is 1.45 bits per heavy atom. The molecule has 1 unspecified atom stereocenters. The Morgan fingerprint density at radius 3 is 2.75 bits per heavy atom. The van der Waals surface area contributed by atoms with Crippen molar-refractivity contribution in [2.45, 2.75) is 32.7 Å². The van der Waals surface area contributed by atoms with Crippen LogP contribution in [0.1, 0.15) is 31.7 Å². The number of carboxylic acids is 1. The van der Waals surface area contributed by atoms with Gasteiger partial charge in [-0.05, 0) is 56.0 Å². The van der Waals surface area contributed by atoms with Crippen molar-refractivity contribution in [1.82, 2.24) is 4.90 Å². The Balaban J connectivity index is 1.78. The summed E-state index contributed by atoms with van der Waals surface area (Å²) in [7, 11) is 0. The van der Waals surface area contributed by atoms with Crippen LogP contribution in [0.5, 0.6) is 0 Å². The molecular formula is C16H22ClNO2. The van der Waals surface area contributed by atoms with Gasteiger partial charge in [-0.2, -0.15) is 0 Å². The largest absolute Gasteiger partial charge is 0.481 e. The normalized spacial score (nSPS) is 18.9. The highest BCUT2D eigenvalue weighted by Crippen LogP contribution is 2.25. The zero-order valence-electron chi connectivity index (χ0n) is 11.9. The number of carbonyl (C=O) groups is 1. The van der Waals surface area contributed by atoms with E-state index in [2.05, 4.69) is 11.0 Å². The van der Waals surface area contributed by atoms with E-state index in [1.165, 1.54) is 5.56 Å². The molecule has 1 aromatic carbocycles. The second-order valence-electron chi connectivity index (χ2n) is 5.82. The number of nitrogens with zero attached hydrogens (tertiary/aromatic N) is 1. The molecule has 1 fully saturated rings. The molecule has 0 radical (unpaired) electrons. The lowest BCUT2D eigenvalue weighted by atomic mass is 9.88. The molecule has 20 heavy (non-hydrogen) atoms. The molecule has 1 N–H and O–H groups in total. The third-order valence-electron chi connectivity index (χ3n) is 4.11. The highest BCUT2D eigenvalue weighted by atomic mass is 35.5. The standard InChI is InChI=1S/C16H22ClNO2/c1-12(16(19)20)9-13-5-7-18(8-6-13)11-14-3-2-4-15(17)10-14/h2-4,10,12-13H,5-9,11H2,1H3,(H,19,20). The molecule has 1 atom stereocenters. The Bertz CT molecular complexity index is 456. The van der Waals surface area contributed by atoms with Gasteiger partial charge in [0.2, 0.25) is 0 Å². The number of aliphatic carboxylic acids is 1. The predicted molar refractivity (Wildman–Crippen MR) is 80.9 cm³/mol. The summed E-state index contributed by atoms with van der Waals surface area (Å²) in [6, 6.07) is 7.99. The van der Waals surface area contributed by atoms with Crippen LogP contribution in [0.25, 0.3) is 0 Å². The number of halogens is 1. The van der Waals surface area contributed by atoms with Gasteiger partial charge in [-0.25, -0.2) is 0 Å². The van der Waals surface area contributed by atoms with Gasteiger partial charge in [0.05, 0.1) is 5.92 Å². The summed E-state index contributed by atoms with van der Waals surface area (Å²) in [4.78, 5) is 13.3. The third-order valence-corrected chi connectivity index (χ3v) is 4.35. The molecule has 110 valence electrons. The molecule has 0 spiro atoms. The Hall–Kier alpha value is -1.06. The molecule has 3 nitrogen and oxygen atoms in total. The first-order valence-electron chi connectivity index (χ1n) is 7.24. The predicted octanol–water partition coefficient (Wildman–Crippen LogP) is 3.66. The number of benzene rings is 1. The van der Waals surface area contributed by atoms with E-state index in [1.807, 2.05) is 18.2 Å². The van der Waals surface area contributed by atoms with Crippen LogP contribution in [0.2, 0.25) is 5.02 Å². The second-order valence-corrected chi connectivity index (χ2v) is 6.26. The van der Waals surface area contributed by atoms with Gasteiger partial charge >= 0.3 is 5.97 Å². The number of carboxylic acid groups (broad SMARTS) is 1. The average Bonchev–Trinajstić information content (AvgIpc) is 2.41. The van der Waals surface area contributed by atoms with E-state index >= 15 is 0 Å². The minimum Gasteiger partial charge on any atom is -0.481 e. The first kappa shape index (κ1) is 15.3. The molecular weight excluding hydrogens is 274 g/mol. The van der Waals surface area contributed by atoms with Crippen LogP contribution >= 0.6 is 11.6 Å². The van der Waals surface area contributed by atoms with Gasteiger partial charge in [-0.3, -0.25) is 9.69 Å². The van der Waals surface area contributed by atoms with Crippen molar-refractivity contribution in [2.24, 2.45) is 11.8 Å². The maximum absolute atomic E-state index is 10.9. The number of hydrogen-bond donors (Lipinski definition) is 1. The quantitative estimate of drug-likeness (QED) is 0.901. The number of hydrogen-bond acceptors (Lipinski definition) is 2. The van der Waals surface area contributed by atoms with E-state index in [1.54, 1.807) is 6.92 Å². The smallest absolute Gasteiger partial charge is 0.306 e. The van der Waals surface area contributed by atoms with Crippen molar-refractivity contribution in [1.29, 1.82) is 0 Å². The molecule has 1 heterocycles. The van der Waals surface area contributed by atoms with Gasteiger partial charge in [-0.1, -0.05) is 30.7 Å². The van der Waals surface area contributed by atoms with Crippen LogP contribution in [-0.2, 0) is 11.3 Å². The van der Waals surface area contributed by atoms with Crippen molar-refractivity contribution < 1.29 is 9.90 Å². The molecule has 0 amide bonds. The molecule has 0 bridgehead atoms. The average molecular weight is 296 g/mol. The summed E-state index contributed by atoms with van der Waals surface area (Å²) in [5.41, 5.74) is 1.25. The molecule has 0 aromatic heterocycles. The van der Waals surface area contributed by atoms with E-state index in [0.29, 0.717) is 5.92 Å². The number of rotatable bonds is 5. The van der Waals surface area contributed by atoms with Crippen molar-refractivity contribution in [3.05, 3.63) is 34.9 Å². The van der Waals surface area contributed by atoms with Gasteiger partial charge in [0.25, 0.3) is 0 Å². The van der Waals surface area contributed by atoms with Crippen molar-refractivity contribution in [3.8, 4) is 0 Å². The molecule has 0 aliphatic carbocycles. The highest BCUT2D eigenvalue weighted by Gasteiger charge is 2.23. The maximum Gasteiger partial charge on any atom is 0.306 e. The van der Waals surface area contributed by atoms with Gasteiger partial charge in [0, 0.05) is 11.6 Å². The molecule has 1 saturated heterocycles. The SMILES string of the molecule is CC(CC1CCN(Cc2cccc(Cl)c2)CC1)C(=O)O. The second kappa shape index (κ2) is 7.09. The van der Waals surface area contributed by atoms with E-state index in [9.17, 15) is 4.79 Å². The molecule has 1 aliphatic rings. The van der Waals surface area contributed by atoms with Crippen LogP contribution < -0.4 is 0 Å². The topological polar surface area (TPSA) is 40.5 Å². The summed E-state index contributed by atoms with van der Waals surface area (Å²) in [6.07, 6.45) is 3.00. The zero-order valence-corrected chi connectivity index (χ0v) is 12.6. The van der Waals surface area contributed by atoms with Crippen LogP contribution in [-0.4, -0.2) is 29.1 Å². The lowest BCUT2D eigenvalue weighted by Crippen LogP contribution is -2.34. The van der Waals surface area contributed by atoms with Crippen molar-refractivity contribution in [3.63, 3.8) is 0 Å². The van der Waals surface area contributed by atoms with Gasteiger partial charge < -0.3 is 5.11 Å². The van der Waals surface area contributed by atoms with Gasteiger partial charge in [-0.15, -0.1) is 0 Å². The van der Waals surface area contributed by atoms with E-state index in [4.69, 9.17) is 16.7 Å².